The molecule has 2 heterocycles. The van der Waals surface area contributed by atoms with Crippen LogP contribution in [0.4, 0.5) is 4.79 Å². The van der Waals surface area contributed by atoms with Crippen LogP contribution in [0.25, 0.3) is 0 Å². The number of amides is 4. The van der Waals surface area contributed by atoms with Crippen LogP contribution in [-0.2, 0) is 15.1 Å². The van der Waals surface area contributed by atoms with Gasteiger partial charge in [-0.25, -0.2) is 4.79 Å². The lowest BCUT2D eigenvalue weighted by atomic mass is 9.91. The third-order valence-corrected chi connectivity index (χ3v) is 5.81. The highest BCUT2D eigenvalue weighted by Crippen LogP contribution is 2.30. The fraction of sp³-hybridized carbons (Fsp3) is 0.550. The Morgan fingerprint density at radius 3 is 2.55 bits per heavy atom. The fourth-order valence-corrected chi connectivity index (χ4v) is 3.99. The van der Waals surface area contributed by atoms with E-state index >= 15 is 0 Å². The molecule has 1 aromatic carbocycles. The average molecular weight is 425 g/mol. The van der Waals surface area contributed by atoms with Gasteiger partial charge in [0.05, 0.1) is 7.11 Å². The van der Waals surface area contributed by atoms with Crippen LogP contribution in [0.3, 0.4) is 0 Å². The lowest BCUT2D eigenvalue weighted by molar-refractivity contribution is -0.141. The molecule has 0 saturated carbocycles. The summed E-state index contributed by atoms with van der Waals surface area (Å²) in [5.74, 6) is 0.478. The van der Waals surface area contributed by atoms with Crippen molar-refractivity contribution >= 4 is 30.3 Å². The van der Waals surface area contributed by atoms with Gasteiger partial charge in [0, 0.05) is 19.1 Å². The van der Waals surface area contributed by atoms with Crippen molar-refractivity contribution in [2.45, 2.75) is 38.3 Å². The normalized spacial score (nSPS) is 26.8. The Kier molecular flexibility index (Phi) is 7.13. The van der Waals surface area contributed by atoms with Crippen LogP contribution in [0.2, 0.25) is 0 Å². The van der Waals surface area contributed by atoms with E-state index in [1.165, 1.54) is 0 Å². The number of hydrogen-bond acceptors (Lipinski definition) is 5. The Labute approximate surface area is 177 Å². The monoisotopic (exact) mass is 424 g/mol. The highest BCUT2D eigenvalue weighted by Gasteiger charge is 2.50. The van der Waals surface area contributed by atoms with E-state index in [1.807, 2.05) is 0 Å². The molecular formula is C20H29ClN4O4. The summed E-state index contributed by atoms with van der Waals surface area (Å²) in [5.41, 5.74) is 5.25. The minimum Gasteiger partial charge on any atom is -0.497 e. The number of nitrogens with zero attached hydrogens (tertiary/aromatic N) is 2. The number of likely N-dealkylation sites (tertiary alicyclic amines) is 1. The Hall–Kier alpha value is -2.32. The second-order valence-electron chi connectivity index (χ2n) is 7.78. The standard InChI is InChI=1S/C20H28N4O4.ClH/c1-13-8-9-23(15(10-13)11-21)17(25)12-24-18(26)20(2,22-19(24)27)14-4-6-16(28-3)7-5-14;/h4-7,13,15H,8-12,21H2,1-3H3,(H,22,27);1H. The predicted molar refractivity (Wildman–Crippen MR) is 111 cm³/mol. The summed E-state index contributed by atoms with van der Waals surface area (Å²) < 4.78 is 5.14. The van der Waals surface area contributed by atoms with Crippen LogP contribution in [-0.4, -0.2) is 60.4 Å². The summed E-state index contributed by atoms with van der Waals surface area (Å²) in [5, 5.41) is 2.73. The first kappa shape index (κ1) is 23.0. The number of rotatable bonds is 5. The van der Waals surface area contributed by atoms with Gasteiger partial charge in [-0.3, -0.25) is 14.5 Å². The van der Waals surface area contributed by atoms with Gasteiger partial charge < -0.3 is 20.7 Å². The molecule has 3 unspecified atom stereocenters. The second-order valence-corrected chi connectivity index (χ2v) is 7.78. The first-order valence-electron chi connectivity index (χ1n) is 9.58. The summed E-state index contributed by atoms with van der Waals surface area (Å²) in [4.78, 5) is 41.1. The second kappa shape index (κ2) is 9.00. The van der Waals surface area contributed by atoms with Crippen molar-refractivity contribution in [2.75, 3.05) is 26.7 Å². The first-order chi connectivity index (χ1) is 13.3. The number of halogens is 1. The number of ether oxygens (including phenoxy) is 1. The molecule has 29 heavy (non-hydrogen) atoms. The molecule has 3 atom stereocenters. The van der Waals surface area contributed by atoms with E-state index in [0.29, 0.717) is 30.3 Å². The molecule has 2 aliphatic rings. The van der Waals surface area contributed by atoms with Crippen molar-refractivity contribution in [1.29, 1.82) is 0 Å². The molecule has 0 bridgehead atoms. The number of imide groups is 1. The van der Waals surface area contributed by atoms with E-state index in [4.69, 9.17) is 10.5 Å². The van der Waals surface area contributed by atoms with Gasteiger partial charge in [-0.1, -0.05) is 19.1 Å². The van der Waals surface area contributed by atoms with Crippen molar-refractivity contribution in [3.63, 3.8) is 0 Å². The number of piperidine rings is 1. The number of urea groups is 1. The van der Waals surface area contributed by atoms with Crippen LogP contribution in [0.5, 0.6) is 5.75 Å². The highest BCUT2D eigenvalue weighted by atomic mass is 35.5. The van der Waals surface area contributed by atoms with Crippen LogP contribution in [0.1, 0.15) is 32.3 Å². The smallest absolute Gasteiger partial charge is 0.325 e. The van der Waals surface area contributed by atoms with Crippen LogP contribution < -0.4 is 15.8 Å². The quantitative estimate of drug-likeness (QED) is 0.696. The van der Waals surface area contributed by atoms with Crippen molar-refractivity contribution in [2.24, 2.45) is 11.7 Å². The number of methoxy groups -OCH3 is 1. The Morgan fingerprint density at radius 2 is 1.97 bits per heavy atom. The lowest BCUT2D eigenvalue weighted by Gasteiger charge is -2.38. The van der Waals surface area contributed by atoms with Gasteiger partial charge in [-0.2, -0.15) is 0 Å². The molecule has 9 heteroatoms. The van der Waals surface area contributed by atoms with E-state index in [-0.39, 0.29) is 30.9 Å². The third kappa shape index (κ3) is 4.33. The maximum atomic E-state index is 13.0. The molecule has 2 aliphatic heterocycles. The summed E-state index contributed by atoms with van der Waals surface area (Å²) in [6, 6.07) is 6.32. The maximum Gasteiger partial charge on any atom is 0.325 e. The number of carbonyl (C=O) groups excluding carboxylic acids is 3. The third-order valence-electron chi connectivity index (χ3n) is 5.81. The fourth-order valence-electron chi connectivity index (χ4n) is 3.99. The summed E-state index contributed by atoms with van der Waals surface area (Å²) in [7, 11) is 1.56. The first-order valence-corrected chi connectivity index (χ1v) is 9.58. The van der Waals surface area contributed by atoms with Gasteiger partial charge in [0.25, 0.3) is 5.91 Å². The van der Waals surface area contributed by atoms with Gasteiger partial charge in [0.1, 0.15) is 17.8 Å². The zero-order valence-electron chi connectivity index (χ0n) is 17.0. The number of nitrogens with one attached hydrogen (secondary N) is 1. The van der Waals surface area contributed by atoms with E-state index in [0.717, 1.165) is 17.7 Å². The number of benzene rings is 1. The van der Waals surface area contributed by atoms with Crippen molar-refractivity contribution in [3.8, 4) is 5.75 Å². The van der Waals surface area contributed by atoms with Gasteiger partial charge >= 0.3 is 6.03 Å². The number of carbonyl (C=O) groups is 3. The average Bonchev–Trinajstić information content (AvgIpc) is 2.91. The van der Waals surface area contributed by atoms with Crippen molar-refractivity contribution in [1.82, 2.24) is 15.1 Å². The number of nitrogens with two attached hydrogens (primary N) is 1. The van der Waals surface area contributed by atoms with Gasteiger partial charge in [0.2, 0.25) is 5.91 Å². The maximum absolute atomic E-state index is 13.0. The largest absolute Gasteiger partial charge is 0.497 e. The number of hydrogen-bond donors (Lipinski definition) is 2. The highest BCUT2D eigenvalue weighted by molar-refractivity contribution is 6.09. The molecule has 2 fully saturated rings. The van der Waals surface area contributed by atoms with E-state index < -0.39 is 17.5 Å². The Bertz CT molecular complexity index is 772. The molecule has 3 rings (SSSR count). The SMILES string of the molecule is COc1ccc(C2(C)NC(=O)N(CC(=O)N3CCC(C)CC3CN)C2=O)cc1.Cl. The molecule has 4 amide bonds. The predicted octanol–water partition coefficient (Wildman–Crippen LogP) is 1.47. The van der Waals surface area contributed by atoms with Gasteiger partial charge in [0.15, 0.2) is 0 Å². The zero-order chi connectivity index (χ0) is 20.5. The molecule has 0 spiro atoms. The van der Waals surface area contributed by atoms with E-state index in [1.54, 1.807) is 43.2 Å². The minimum absolute atomic E-state index is 0. The van der Waals surface area contributed by atoms with E-state index in [2.05, 4.69) is 12.2 Å². The summed E-state index contributed by atoms with van der Waals surface area (Å²) >= 11 is 0. The van der Waals surface area contributed by atoms with Crippen LogP contribution >= 0.6 is 12.4 Å². The van der Waals surface area contributed by atoms with Crippen LogP contribution in [0.15, 0.2) is 24.3 Å². The van der Waals surface area contributed by atoms with Crippen LogP contribution in [0, 0.1) is 5.92 Å². The molecule has 160 valence electrons. The molecule has 0 radical (unpaired) electrons. The molecule has 1 aromatic rings. The van der Waals surface area contributed by atoms with Crippen molar-refractivity contribution < 1.29 is 19.1 Å². The molecule has 0 aliphatic carbocycles. The molecule has 0 aromatic heterocycles. The van der Waals surface area contributed by atoms with Crippen molar-refractivity contribution in [3.05, 3.63) is 29.8 Å². The summed E-state index contributed by atoms with van der Waals surface area (Å²) in [6.45, 7) is 4.48. The molecule has 8 nitrogen and oxygen atoms in total. The zero-order valence-corrected chi connectivity index (χ0v) is 17.8. The minimum atomic E-state index is -1.21. The topological polar surface area (TPSA) is 105 Å². The Balaban J connectivity index is 0.00000300. The lowest BCUT2D eigenvalue weighted by Crippen LogP contribution is -2.53. The summed E-state index contributed by atoms with van der Waals surface area (Å²) in [6.07, 6.45) is 1.73. The Morgan fingerprint density at radius 1 is 1.31 bits per heavy atom. The molecule has 2 saturated heterocycles. The molecule has 3 N–H and O–H groups in total. The van der Waals surface area contributed by atoms with Gasteiger partial charge in [-0.05, 0) is 43.4 Å². The van der Waals surface area contributed by atoms with Gasteiger partial charge in [-0.15, -0.1) is 12.4 Å². The van der Waals surface area contributed by atoms with E-state index in [9.17, 15) is 14.4 Å². The molecular weight excluding hydrogens is 396 g/mol.